The summed E-state index contributed by atoms with van der Waals surface area (Å²) in [6.07, 6.45) is 0.494. The molecule has 1 aliphatic rings. The van der Waals surface area contributed by atoms with Crippen molar-refractivity contribution in [3.63, 3.8) is 0 Å². The third kappa shape index (κ3) is 7.01. The largest absolute Gasteiger partial charge is 0.490 e. The van der Waals surface area contributed by atoms with Crippen LogP contribution in [0, 0.1) is 12.7 Å². The lowest BCUT2D eigenvalue weighted by Gasteiger charge is -2.19. The molecule has 41 heavy (non-hydrogen) atoms. The van der Waals surface area contributed by atoms with Crippen LogP contribution >= 0.6 is 11.3 Å². The van der Waals surface area contributed by atoms with E-state index in [1.54, 1.807) is 38.2 Å². The van der Waals surface area contributed by atoms with Crippen LogP contribution in [0.25, 0.3) is 32.6 Å². The SMILES string of the molecule is Cc1csc2c(-c3ccc(F)cc3OCCOCCNC(=O)OC(C)(C)C)nnc(-c3ccc4c(c3)CCNC4)c12. The van der Waals surface area contributed by atoms with Crippen molar-refractivity contribution >= 4 is 27.5 Å². The average molecular weight is 579 g/mol. The number of thiophene rings is 1. The first kappa shape index (κ1) is 28.9. The van der Waals surface area contributed by atoms with Gasteiger partial charge in [-0.25, -0.2) is 9.18 Å². The van der Waals surface area contributed by atoms with E-state index in [4.69, 9.17) is 14.2 Å². The summed E-state index contributed by atoms with van der Waals surface area (Å²) in [5, 5.41) is 18.5. The maximum absolute atomic E-state index is 14.3. The van der Waals surface area contributed by atoms with Gasteiger partial charge in [0.15, 0.2) is 0 Å². The van der Waals surface area contributed by atoms with Crippen LogP contribution in [-0.2, 0) is 22.4 Å². The van der Waals surface area contributed by atoms with Crippen molar-refractivity contribution in [2.45, 2.75) is 46.3 Å². The lowest BCUT2D eigenvalue weighted by atomic mass is 9.95. The fourth-order valence-corrected chi connectivity index (χ4v) is 5.82. The molecule has 5 rings (SSSR count). The number of carbonyl (C=O) groups is 1. The molecule has 8 nitrogen and oxygen atoms in total. The minimum absolute atomic E-state index is 0.199. The maximum Gasteiger partial charge on any atom is 0.407 e. The van der Waals surface area contributed by atoms with Crippen LogP contribution in [0.4, 0.5) is 9.18 Å². The van der Waals surface area contributed by atoms with Crippen molar-refractivity contribution in [3.8, 4) is 28.3 Å². The molecule has 0 saturated carbocycles. The van der Waals surface area contributed by atoms with Gasteiger partial charge in [0, 0.05) is 35.7 Å². The highest BCUT2D eigenvalue weighted by Crippen LogP contribution is 2.41. The number of hydrogen-bond donors (Lipinski definition) is 2. The standard InChI is InChI=1S/C31H35FN4O4S/c1-19-18-41-29-26(19)27(21-5-6-22-17-33-10-9-20(22)15-21)35-36-28(29)24-8-7-23(32)16-25(24)39-14-13-38-12-11-34-30(37)40-31(2,3)4/h5-8,15-16,18,33H,9-14,17H2,1-4H3,(H,34,37). The Kier molecular flexibility index (Phi) is 8.82. The molecule has 0 fully saturated rings. The van der Waals surface area contributed by atoms with E-state index in [9.17, 15) is 9.18 Å². The maximum atomic E-state index is 14.3. The second kappa shape index (κ2) is 12.5. The average Bonchev–Trinajstić information content (AvgIpc) is 3.33. The number of hydrogen-bond acceptors (Lipinski definition) is 8. The molecule has 1 aliphatic heterocycles. The molecule has 2 aromatic heterocycles. The predicted octanol–water partition coefficient (Wildman–Crippen LogP) is 6.04. The Morgan fingerprint density at radius 1 is 1.07 bits per heavy atom. The van der Waals surface area contributed by atoms with E-state index in [1.165, 1.54) is 23.3 Å². The Morgan fingerprint density at radius 3 is 2.73 bits per heavy atom. The molecule has 0 radical (unpaired) electrons. The Labute approximate surface area is 243 Å². The number of rotatable bonds is 9. The topological polar surface area (TPSA) is 94.6 Å². The van der Waals surface area contributed by atoms with Crippen LogP contribution in [0.3, 0.4) is 0 Å². The minimum atomic E-state index is -0.557. The van der Waals surface area contributed by atoms with Gasteiger partial charge in [-0.15, -0.1) is 21.5 Å². The fraction of sp³-hybridized carbons (Fsp3) is 0.387. The third-order valence-electron chi connectivity index (χ3n) is 6.64. The molecule has 0 bridgehead atoms. The van der Waals surface area contributed by atoms with Crippen LogP contribution in [0.5, 0.6) is 5.75 Å². The first-order valence-corrected chi connectivity index (χ1v) is 14.6. The van der Waals surface area contributed by atoms with E-state index in [1.807, 2.05) is 0 Å². The second-order valence-corrected chi connectivity index (χ2v) is 11.8. The monoisotopic (exact) mass is 578 g/mol. The van der Waals surface area contributed by atoms with Gasteiger partial charge >= 0.3 is 6.09 Å². The first-order chi connectivity index (χ1) is 19.7. The van der Waals surface area contributed by atoms with Gasteiger partial charge in [0.1, 0.15) is 35.2 Å². The smallest absolute Gasteiger partial charge is 0.407 e. The predicted molar refractivity (Wildman–Crippen MR) is 159 cm³/mol. The van der Waals surface area contributed by atoms with Crippen LogP contribution in [-0.4, -0.2) is 54.8 Å². The Morgan fingerprint density at radius 2 is 1.90 bits per heavy atom. The van der Waals surface area contributed by atoms with Gasteiger partial charge in [-0.3, -0.25) is 0 Å². The van der Waals surface area contributed by atoms with E-state index < -0.39 is 17.5 Å². The summed E-state index contributed by atoms with van der Waals surface area (Å²) in [5.74, 6) is -0.0332. The summed E-state index contributed by atoms with van der Waals surface area (Å²) >= 11 is 1.60. The molecule has 3 heterocycles. The number of aryl methyl sites for hydroxylation is 1. The normalized spacial score (nSPS) is 13.2. The summed E-state index contributed by atoms with van der Waals surface area (Å²) in [7, 11) is 0. The molecule has 2 aromatic carbocycles. The zero-order valence-electron chi connectivity index (χ0n) is 23.8. The minimum Gasteiger partial charge on any atom is -0.490 e. The molecule has 0 spiro atoms. The van der Waals surface area contributed by atoms with E-state index >= 15 is 0 Å². The summed E-state index contributed by atoms with van der Waals surface area (Å²) in [6, 6.07) is 11.0. The fourth-order valence-electron chi connectivity index (χ4n) is 4.77. The Hall–Kier alpha value is -3.60. The number of nitrogens with zero attached hydrogens (tertiary/aromatic N) is 2. The summed E-state index contributed by atoms with van der Waals surface area (Å²) in [5.41, 5.74) is 6.44. The van der Waals surface area contributed by atoms with Crippen molar-refractivity contribution in [2.75, 3.05) is 32.9 Å². The summed E-state index contributed by atoms with van der Waals surface area (Å²) < 4.78 is 32.0. The molecule has 216 valence electrons. The molecular formula is C31H35FN4O4S. The van der Waals surface area contributed by atoms with Gasteiger partial charge in [0.05, 0.1) is 17.9 Å². The van der Waals surface area contributed by atoms with Crippen LogP contribution < -0.4 is 15.4 Å². The first-order valence-electron chi connectivity index (χ1n) is 13.7. The molecule has 0 aliphatic carbocycles. The zero-order valence-corrected chi connectivity index (χ0v) is 24.6. The summed E-state index contributed by atoms with van der Waals surface area (Å²) in [4.78, 5) is 11.7. The van der Waals surface area contributed by atoms with Crippen molar-refractivity contribution in [1.82, 2.24) is 20.8 Å². The van der Waals surface area contributed by atoms with Crippen molar-refractivity contribution < 1.29 is 23.4 Å². The van der Waals surface area contributed by atoms with Crippen LogP contribution in [0.1, 0.15) is 37.5 Å². The number of nitrogens with one attached hydrogen (secondary N) is 2. The van der Waals surface area contributed by atoms with Gasteiger partial charge < -0.3 is 24.8 Å². The zero-order chi connectivity index (χ0) is 29.0. The molecule has 0 saturated heterocycles. The van der Waals surface area contributed by atoms with E-state index in [-0.39, 0.29) is 13.2 Å². The number of aromatic nitrogens is 2. The molecule has 1 amide bonds. The van der Waals surface area contributed by atoms with E-state index in [0.717, 1.165) is 46.4 Å². The summed E-state index contributed by atoms with van der Waals surface area (Å²) in [6.45, 7) is 10.4. The number of amides is 1. The highest BCUT2D eigenvalue weighted by molar-refractivity contribution is 7.18. The molecular weight excluding hydrogens is 543 g/mol. The van der Waals surface area contributed by atoms with Gasteiger partial charge in [0.25, 0.3) is 0 Å². The molecule has 0 atom stereocenters. The lowest BCUT2D eigenvalue weighted by molar-refractivity contribution is 0.0489. The number of alkyl carbamates (subject to hydrolysis) is 1. The molecule has 2 N–H and O–H groups in total. The number of ether oxygens (including phenoxy) is 3. The van der Waals surface area contributed by atoms with Crippen molar-refractivity contribution in [1.29, 1.82) is 0 Å². The highest BCUT2D eigenvalue weighted by Gasteiger charge is 2.21. The molecule has 0 unspecified atom stereocenters. The van der Waals surface area contributed by atoms with Crippen molar-refractivity contribution in [2.24, 2.45) is 0 Å². The lowest BCUT2D eigenvalue weighted by Crippen LogP contribution is -2.34. The number of carbonyl (C=O) groups excluding carboxylic acids is 1. The van der Waals surface area contributed by atoms with E-state index in [0.29, 0.717) is 30.2 Å². The van der Waals surface area contributed by atoms with Gasteiger partial charge in [-0.1, -0.05) is 12.1 Å². The van der Waals surface area contributed by atoms with Gasteiger partial charge in [-0.05, 0) is 80.9 Å². The number of fused-ring (bicyclic) bond motifs is 2. The van der Waals surface area contributed by atoms with Gasteiger partial charge in [-0.2, -0.15) is 0 Å². The Balaban J connectivity index is 1.30. The Bertz CT molecular complexity index is 1550. The quantitative estimate of drug-likeness (QED) is 0.234. The third-order valence-corrected chi connectivity index (χ3v) is 7.75. The second-order valence-electron chi connectivity index (χ2n) is 11.0. The van der Waals surface area contributed by atoms with Crippen molar-refractivity contribution in [3.05, 3.63) is 64.3 Å². The van der Waals surface area contributed by atoms with Gasteiger partial charge in [0.2, 0.25) is 0 Å². The number of halogens is 1. The van der Waals surface area contributed by atoms with E-state index in [2.05, 4.69) is 51.3 Å². The number of benzene rings is 2. The highest BCUT2D eigenvalue weighted by atomic mass is 32.1. The molecule has 4 aromatic rings. The van der Waals surface area contributed by atoms with Crippen LogP contribution in [0.15, 0.2) is 41.8 Å². The van der Waals surface area contributed by atoms with Crippen LogP contribution in [0.2, 0.25) is 0 Å². The molecule has 10 heteroatoms.